The second-order valence-corrected chi connectivity index (χ2v) is 4.41. The van der Waals surface area contributed by atoms with E-state index in [1.54, 1.807) is 0 Å². The number of likely N-dealkylation sites (N-methyl/N-ethyl adjacent to an activating group) is 1. The molecule has 1 heterocycles. The lowest BCUT2D eigenvalue weighted by atomic mass is 10.1. The van der Waals surface area contributed by atoms with Crippen molar-refractivity contribution in [3.8, 4) is 0 Å². The summed E-state index contributed by atoms with van der Waals surface area (Å²) in [6, 6.07) is -0.374. The number of amides is 1. The smallest absolute Gasteiger partial charge is 0.242 e. The molecule has 0 bridgehead atoms. The molecule has 0 spiro atoms. The van der Waals surface area contributed by atoms with Crippen molar-refractivity contribution < 1.29 is 9.90 Å². The minimum absolute atomic E-state index is 0.0589. The molecule has 16 heavy (non-hydrogen) atoms. The van der Waals surface area contributed by atoms with Crippen molar-refractivity contribution in [3.05, 3.63) is 0 Å². The average Bonchev–Trinajstić information content (AvgIpc) is 2.70. The van der Waals surface area contributed by atoms with E-state index in [2.05, 4.69) is 12.2 Å². The highest BCUT2D eigenvalue weighted by atomic mass is 16.3. The maximum Gasteiger partial charge on any atom is 0.242 e. The molecule has 2 atom stereocenters. The Balaban J connectivity index is 2.42. The van der Waals surface area contributed by atoms with Crippen LogP contribution in [0, 0.1) is 0 Å². The number of nitrogens with zero attached hydrogens (tertiary/aromatic N) is 1. The van der Waals surface area contributed by atoms with E-state index in [0.29, 0.717) is 6.42 Å². The van der Waals surface area contributed by atoms with Gasteiger partial charge in [-0.3, -0.25) is 4.79 Å². The molecular weight excluding hydrogens is 204 g/mol. The summed E-state index contributed by atoms with van der Waals surface area (Å²) in [5, 5.41) is 12.7. The highest BCUT2D eigenvalue weighted by Crippen LogP contribution is 2.10. The number of unbranched alkanes of at least 4 members (excludes halogenated alkanes) is 2. The standard InChI is InChI=1S/C12H24N2O2/c1-3-5-6-9-14(4-2)12(16)11-10(15)7-8-13-11/h10-11,13,15H,3-9H2,1-2H3/t10?,11-/m0/s1. The monoisotopic (exact) mass is 228 g/mol. The van der Waals surface area contributed by atoms with Gasteiger partial charge < -0.3 is 15.3 Å². The SMILES string of the molecule is CCCCCN(CC)C(=O)[C@H]1NCCC1O. The minimum Gasteiger partial charge on any atom is -0.391 e. The molecule has 0 aromatic rings. The molecule has 1 aliphatic heterocycles. The maximum atomic E-state index is 12.1. The molecule has 1 amide bonds. The normalized spacial score (nSPS) is 24.7. The summed E-state index contributed by atoms with van der Waals surface area (Å²) in [7, 11) is 0. The van der Waals surface area contributed by atoms with Crippen LogP contribution in [0.25, 0.3) is 0 Å². The fraction of sp³-hybridized carbons (Fsp3) is 0.917. The van der Waals surface area contributed by atoms with Gasteiger partial charge in [-0.2, -0.15) is 0 Å². The molecule has 0 saturated carbocycles. The Labute approximate surface area is 98.0 Å². The van der Waals surface area contributed by atoms with E-state index in [1.165, 1.54) is 0 Å². The van der Waals surface area contributed by atoms with Crippen molar-refractivity contribution in [2.24, 2.45) is 0 Å². The molecule has 1 unspecified atom stereocenters. The fourth-order valence-corrected chi connectivity index (χ4v) is 2.11. The number of hydrogen-bond acceptors (Lipinski definition) is 3. The summed E-state index contributed by atoms with van der Waals surface area (Å²) in [4.78, 5) is 13.9. The fourth-order valence-electron chi connectivity index (χ4n) is 2.11. The van der Waals surface area contributed by atoms with Gasteiger partial charge in [0, 0.05) is 13.1 Å². The number of aliphatic hydroxyl groups is 1. The predicted octanol–water partition coefficient (Wildman–Crippen LogP) is 0.748. The summed E-state index contributed by atoms with van der Waals surface area (Å²) in [5.74, 6) is 0.0589. The van der Waals surface area contributed by atoms with Crippen molar-refractivity contribution in [2.75, 3.05) is 19.6 Å². The van der Waals surface area contributed by atoms with Gasteiger partial charge in [0.1, 0.15) is 6.04 Å². The van der Waals surface area contributed by atoms with Crippen molar-refractivity contribution in [1.82, 2.24) is 10.2 Å². The lowest BCUT2D eigenvalue weighted by Gasteiger charge is -2.25. The van der Waals surface area contributed by atoms with E-state index in [9.17, 15) is 9.90 Å². The van der Waals surface area contributed by atoms with E-state index >= 15 is 0 Å². The van der Waals surface area contributed by atoms with Crippen LogP contribution in [0.2, 0.25) is 0 Å². The Morgan fingerprint density at radius 1 is 1.44 bits per heavy atom. The van der Waals surface area contributed by atoms with E-state index in [0.717, 1.165) is 38.9 Å². The number of hydrogen-bond donors (Lipinski definition) is 2. The molecule has 4 nitrogen and oxygen atoms in total. The zero-order valence-electron chi connectivity index (χ0n) is 10.4. The largest absolute Gasteiger partial charge is 0.391 e. The lowest BCUT2D eigenvalue weighted by Crippen LogP contribution is -2.48. The van der Waals surface area contributed by atoms with Crippen LogP contribution in [0.15, 0.2) is 0 Å². The van der Waals surface area contributed by atoms with Gasteiger partial charge in [-0.25, -0.2) is 0 Å². The molecule has 1 saturated heterocycles. The molecule has 0 radical (unpaired) electrons. The van der Waals surface area contributed by atoms with E-state index in [1.807, 2.05) is 11.8 Å². The van der Waals surface area contributed by atoms with Crippen molar-refractivity contribution in [2.45, 2.75) is 51.7 Å². The predicted molar refractivity (Wildman–Crippen MR) is 64.2 cm³/mol. The molecule has 0 aromatic carbocycles. The number of carbonyl (C=O) groups is 1. The van der Waals surface area contributed by atoms with Crippen molar-refractivity contribution >= 4 is 5.91 Å². The third-order valence-corrected chi connectivity index (χ3v) is 3.18. The Morgan fingerprint density at radius 3 is 2.69 bits per heavy atom. The van der Waals surface area contributed by atoms with Crippen LogP contribution < -0.4 is 5.32 Å². The second kappa shape index (κ2) is 6.86. The van der Waals surface area contributed by atoms with Gasteiger partial charge in [-0.05, 0) is 26.3 Å². The molecule has 2 N–H and O–H groups in total. The zero-order chi connectivity index (χ0) is 12.0. The van der Waals surface area contributed by atoms with Gasteiger partial charge in [0.15, 0.2) is 0 Å². The molecule has 1 rings (SSSR count). The number of aliphatic hydroxyl groups excluding tert-OH is 1. The van der Waals surface area contributed by atoms with Gasteiger partial charge >= 0.3 is 0 Å². The first-order valence-electron chi connectivity index (χ1n) is 6.41. The van der Waals surface area contributed by atoms with Gasteiger partial charge in [0.2, 0.25) is 5.91 Å². The second-order valence-electron chi connectivity index (χ2n) is 4.41. The first-order chi connectivity index (χ1) is 7.70. The summed E-state index contributed by atoms with van der Waals surface area (Å²) in [5.41, 5.74) is 0. The first-order valence-corrected chi connectivity index (χ1v) is 6.41. The van der Waals surface area contributed by atoms with Crippen LogP contribution in [0.4, 0.5) is 0 Å². The van der Waals surface area contributed by atoms with Crippen LogP contribution in [-0.4, -0.2) is 47.7 Å². The third kappa shape index (κ3) is 3.46. The molecule has 0 aromatic heterocycles. The number of rotatable bonds is 6. The molecule has 0 aliphatic carbocycles. The highest BCUT2D eigenvalue weighted by molar-refractivity contribution is 5.82. The molecule has 94 valence electrons. The Morgan fingerprint density at radius 2 is 2.19 bits per heavy atom. The van der Waals surface area contributed by atoms with Crippen molar-refractivity contribution in [1.29, 1.82) is 0 Å². The summed E-state index contributed by atoms with van der Waals surface area (Å²) >= 11 is 0. The van der Waals surface area contributed by atoms with Gasteiger partial charge in [0.05, 0.1) is 6.10 Å². The lowest BCUT2D eigenvalue weighted by molar-refractivity contribution is -0.135. The van der Waals surface area contributed by atoms with Gasteiger partial charge in [0.25, 0.3) is 0 Å². The third-order valence-electron chi connectivity index (χ3n) is 3.18. The van der Waals surface area contributed by atoms with Crippen LogP contribution in [-0.2, 0) is 4.79 Å². The van der Waals surface area contributed by atoms with E-state index in [-0.39, 0.29) is 11.9 Å². The Kier molecular flexibility index (Phi) is 5.77. The topological polar surface area (TPSA) is 52.6 Å². The zero-order valence-corrected chi connectivity index (χ0v) is 10.4. The number of carbonyl (C=O) groups excluding carboxylic acids is 1. The van der Waals surface area contributed by atoms with Gasteiger partial charge in [-0.1, -0.05) is 19.8 Å². The molecule has 4 heteroatoms. The van der Waals surface area contributed by atoms with Crippen LogP contribution >= 0.6 is 0 Å². The average molecular weight is 228 g/mol. The summed E-state index contributed by atoms with van der Waals surface area (Å²) in [6.07, 6.45) is 3.55. The van der Waals surface area contributed by atoms with E-state index < -0.39 is 6.10 Å². The highest BCUT2D eigenvalue weighted by Gasteiger charge is 2.33. The summed E-state index contributed by atoms with van der Waals surface area (Å²) < 4.78 is 0. The van der Waals surface area contributed by atoms with E-state index in [4.69, 9.17) is 0 Å². The van der Waals surface area contributed by atoms with Crippen LogP contribution in [0.1, 0.15) is 39.5 Å². The first kappa shape index (κ1) is 13.5. The van der Waals surface area contributed by atoms with Gasteiger partial charge in [-0.15, -0.1) is 0 Å². The van der Waals surface area contributed by atoms with Crippen molar-refractivity contribution in [3.63, 3.8) is 0 Å². The molecule has 1 fully saturated rings. The van der Waals surface area contributed by atoms with Crippen LogP contribution in [0.3, 0.4) is 0 Å². The molecule has 1 aliphatic rings. The van der Waals surface area contributed by atoms with Crippen LogP contribution in [0.5, 0.6) is 0 Å². The maximum absolute atomic E-state index is 12.1. The number of nitrogens with one attached hydrogen (secondary N) is 1. The minimum atomic E-state index is -0.507. The molecular formula is C12H24N2O2. The summed E-state index contributed by atoms with van der Waals surface area (Å²) in [6.45, 7) is 6.43. The quantitative estimate of drug-likeness (QED) is 0.660. The Bertz CT molecular complexity index is 221. The Hall–Kier alpha value is -0.610.